The van der Waals surface area contributed by atoms with Crippen LogP contribution in [0.25, 0.3) is 5.95 Å². The topological polar surface area (TPSA) is 117 Å². The molecular weight excluding hydrogens is 272 g/mol. The second kappa shape index (κ2) is 6.00. The van der Waals surface area contributed by atoms with Crippen LogP contribution in [0.2, 0.25) is 0 Å². The molecule has 1 fully saturated rings. The van der Waals surface area contributed by atoms with Gasteiger partial charge in [-0.1, -0.05) is 13.3 Å². The van der Waals surface area contributed by atoms with Gasteiger partial charge in [-0.2, -0.15) is 24.7 Å². The fraction of sp³-hybridized carbons (Fsp3) is 0.583. The maximum absolute atomic E-state index is 5.89. The van der Waals surface area contributed by atoms with E-state index in [4.69, 9.17) is 10.6 Å². The molecule has 2 aromatic rings. The van der Waals surface area contributed by atoms with Crippen molar-refractivity contribution in [2.75, 3.05) is 5.43 Å². The molecule has 0 aliphatic heterocycles. The van der Waals surface area contributed by atoms with Gasteiger partial charge < -0.3 is 4.74 Å². The summed E-state index contributed by atoms with van der Waals surface area (Å²) in [6.07, 6.45) is 7.47. The Morgan fingerprint density at radius 3 is 2.95 bits per heavy atom. The number of aromatic nitrogens is 6. The zero-order valence-corrected chi connectivity index (χ0v) is 11.8. The van der Waals surface area contributed by atoms with Gasteiger partial charge in [0.25, 0.3) is 5.95 Å². The Morgan fingerprint density at radius 1 is 1.33 bits per heavy atom. The first-order valence-electron chi connectivity index (χ1n) is 6.99. The third-order valence-electron chi connectivity index (χ3n) is 3.52. The number of nitrogens with one attached hydrogen (secondary N) is 1. The molecule has 0 bridgehead atoms. The number of rotatable bonds is 4. The van der Waals surface area contributed by atoms with Crippen molar-refractivity contribution in [3.8, 4) is 12.0 Å². The van der Waals surface area contributed by atoms with Crippen molar-refractivity contribution >= 4 is 5.95 Å². The van der Waals surface area contributed by atoms with Crippen LogP contribution in [0.3, 0.4) is 0 Å². The average molecular weight is 290 g/mol. The van der Waals surface area contributed by atoms with Crippen LogP contribution < -0.4 is 16.0 Å². The molecule has 0 saturated heterocycles. The quantitative estimate of drug-likeness (QED) is 0.624. The van der Waals surface area contributed by atoms with Crippen molar-refractivity contribution in [2.24, 2.45) is 11.8 Å². The van der Waals surface area contributed by atoms with Crippen LogP contribution in [-0.2, 0) is 0 Å². The molecule has 1 aliphatic rings. The van der Waals surface area contributed by atoms with Gasteiger partial charge in [-0.05, 0) is 25.2 Å². The molecule has 3 N–H and O–H groups in total. The highest BCUT2D eigenvalue weighted by Gasteiger charge is 2.22. The molecular formula is C12H18N8O. The summed E-state index contributed by atoms with van der Waals surface area (Å²) in [6.45, 7) is 2.23. The average Bonchev–Trinajstić information content (AvgIpc) is 3.01. The van der Waals surface area contributed by atoms with E-state index in [1.807, 2.05) is 0 Å². The zero-order valence-electron chi connectivity index (χ0n) is 11.8. The van der Waals surface area contributed by atoms with Gasteiger partial charge in [-0.15, -0.1) is 0 Å². The molecule has 2 atom stereocenters. The van der Waals surface area contributed by atoms with E-state index in [1.54, 1.807) is 0 Å². The number of anilines is 1. The minimum absolute atomic E-state index is 0.130. The van der Waals surface area contributed by atoms with Crippen LogP contribution in [0.15, 0.2) is 12.7 Å². The summed E-state index contributed by atoms with van der Waals surface area (Å²) in [7, 11) is 0. The molecule has 1 saturated carbocycles. The zero-order chi connectivity index (χ0) is 14.7. The van der Waals surface area contributed by atoms with Crippen LogP contribution in [-0.4, -0.2) is 35.8 Å². The second-order valence-electron chi connectivity index (χ2n) is 5.24. The number of hydrogen-bond acceptors (Lipinski definition) is 8. The first kappa shape index (κ1) is 13.7. The predicted molar refractivity (Wildman–Crippen MR) is 74.6 cm³/mol. The molecule has 0 aromatic carbocycles. The van der Waals surface area contributed by atoms with Crippen LogP contribution >= 0.6 is 0 Å². The lowest BCUT2D eigenvalue weighted by atomic mass is 9.89. The van der Waals surface area contributed by atoms with Crippen molar-refractivity contribution in [1.29, 1.82) is 0 Å². The van der Waals surface area contributed by atoms with Crippen molar-refractivity contribution in [3.63, 3.8) is 0 Å². The van der Waals surface area contributed by atoms with E-state index in [-0.39, 0.29) is 18.1 Å². The number of nitrogens with two attached hydrogens (primary N) is 1. The number of ether oxygens (including phenoxy) is 1. The van der Waals surface area contributed by atoms with Crippen molar-refractivity contribution in [2.45, 2.75) is 38.7 Å². The fourth-order valence-corrected chi connectivity index (χ4v) is 2.51. The summed E-state index contributed by atoms with van der Waals surface area (Å²) in [5.41, 5.74) is 2.41. The largest absolute Gasteiger partial charge is 0.460 e. The van der Waals surface area contributed by atoms with Gasteiger partial charge in [0.1, 0.15) is 18.8 Å². The predicted octanol–water partition coefficient (Wildman–Crippen LogP) is 0.695. The smallest absolute Gasteiger partial charge is 0.323 e. The first-order valence-corrected chi connectivity index (χ1v) is 6.99. The molecule has 2 aromatic heterocycles. The minimum Gasteiger partial charge on any atom is -0.460 e. The van der Waals surface area contributed by atoms with Crippen molar-refractivity contribution < 1.29 is 4.74 Å². The standard InChI is InChI=1S/C12H18N8O/c1-8-3-2-4-9(5-8)21-12-17-10(19-13)16-11(18-12)20-7-14-6-15-20/h6-9H,2-5,13H2,1H3,(H,16,17,18,19). The highest BCUT2D eigenvalue weighted by Crippen LogP contribution is 2.26. The highest BCUT2D eigenvalue weighted by molar-refractivity contribution is 5.28. The van der Waals surface area contributed by atoms with E-state index in [0.29, 0.717) is 11.9 Å². The maximum Gasteiger partial charge on any atom is 0.323 e. The summed E-state index contributed by atoms with van der Waals surface area (Å²) in [6, 6.07) is 0.252. The van der Waals surface area contributed by atoms with Gasteiger partial charge >= 0.3 is 6.01 Å². The maximum atomic E-state index is 5.89. The van der Waals surface area contributed by atoms with E-state index in [9.17, 15) is 0 Å². The first-order chi connectivity index (χ1) is 10.2. The number of hydrazine groups is 1. The van der Waals surface area contributed by atoms with Gasteiger partial charge in [-0.3, -0.25) is 5.43 Å². The SMILES string of the molecule is CC1CCCC(Oc2nc(NN)nc(-n3cncn3)n2)C1. The van der Waals surface area contributed by atoms with Gasteiger partial charge in [-0.25, -0.2) is 10.8 Å². The Kier molecular flexibility index (Phi) is 3.91. The second-order valence-corrected chi connectivity index (χ2v) is 5.24. The lowest BCUT2D eigenvalue weighted by molar-refractivity contribution is 0.118. The van der Waals surface area contributed by atoms with Gasteiger partial charge in [0.2, 0.25) is 5.95 Å². The number of nitrogen functional groups attached to an aromatic ring is 1. The van der Waals surface area contributed by atoms with Crippen LogP contribution in [0.4, 0.5) is 5.95 Å². The van der Waals surface area contributed by atoms with E-state index in [1.165, 1.54) is 23.8 Å². The van der Waals surface area contributed by atoms with Crippen LogP contribution in [0.5, 0.6) is 6.01 Å². The minimum atomic E-state index is 0.130. The molecule has 2 unspecified atom stereocenters. The van der Waals surface area contributed by atoms with Gasteiger partial charge in [0, 0.05) is 0 Å². The van der Waals surface area contributed by atoms with E-state index in [2.05, 4.69) is 37.4 Å². The third-order valence-corrected chi connectivity index (χ3v) is 3.52. The van der Waals surface area contributed by atoms with E-state index >= 15 is 0 Å². The normalized spacial score (nSPS) is 22.0. The summed E-state index contributed by atoms with van der Waals surface area (Å²) >= 11 is 0. The summed E-state index contributed by atoms with van der Waals surface area (Å²) in [5.74, 6) is 6.60. The third kappa shape index (κ3) is 3.24. The van der Waals surface area contributed by atoms with Crippen molar-refractivity contribution in [3.05, 3.63) is 12.7 Å². The molecule has 9 nitrogen and oxygen atoms in total. The molecule has 9 heteroatoms. The molecule has 0 amide bonds. The lowest BCUT2D eigenvalue weighted by Gasteiger charge is -2.26. The van der Waals surface area contributed by atoms with E-state index in [0.717, 1.165) is 19.3 Å². The number of hydrogen-bond donors (Lipinski definition) is 2. The Bertz CT molecular complexity index is 587. The summed E-state index contributed by atoms with van der Waals surface area (Å²) in [4.78, 5) is 16.4. The monoisotopic (exact) mass is 290 g/mol. The van der Waals surface area contributed by atoms with Crippen LogP contribution in [0, 0.1) is 5.92 Å². The molecule has 0 radical (unpaired) electrons. The van der Waals surface area contributed by atoms with Crippen LogP contribution in [0.1, 0.15) is 32.6 Å². The molecule has 1 aliphatic carbocycles. The Morgan fingerprint density at radius 2 is 2.24 bits per heavy atom. The molecule has 112 valence electrons. The Hall–Kier alpha value is -2.29. The highest BCUT2D eigenvalue weighted by atomic mass is 16.5. The molecule has 0 spiro atoms. The number of nitrogens with zero attached hydrogens (tertiary/aromatic N) is 6. The molecule has 21 heavy (non-hydrogen) atoms. The van der Waals surface area contributed by atoms with Gasteiger partial charge in [0.05, 0.1) is 0 Å². The molecule has 2 heterocycles. The van der Waals surface area contributed by atoms with E-state index < -0.39 is 0 Å². The Labute approximate surface area is 121 Å². The molecule has 3 rings (SSSR count). The lowest BCUT2D eigenvalue weighted by Crippen LogP contribution is -2.25. The Balaban J connectivity index is 1.82. The fourth-order valence-electron chi connectivity index (χ4n) is 2.51. The summed E-state index contributed by atoms with van der Waals surface area (Å²) in [5, 5.41) is 3.99. The van der Waals surface area contributed by atoms with Gasteiger partial charge in [0.15, 0.2) is 0 Å². The summed E-state index contributed by atoms with van der Waals surface area (Å²) < 4.78 is 7.32. The van der Waals surface area contributed by atoms with Crippen molar-refractivity contribution in [1.82, 2.24) is 29.7 Å².